The fourth-order valence-corrected chi connectivity index (χ4v) is 5.69. The second-order valence-corrected chi connectivity index (χ2v) is 10.4. The topological polar surface area (TPSA) is 103 Å². The second kappa shape index (κ2) is 9.27. The smallest absolute Gasteiger partial charge is 0.280 e. The molecular formula is C21H18BrF2N5O2S2. The van der Waals surface area contributed by atoms with E-state index in [1.54, 1.807) is 12.4 Å². The largest absolute Gasteiger partial charge is 0.365 e. The number of fused-ring (bicyclic) bond motifs is 1. The molecular weight excluding hydrogens is 536 g/mol. The molecule has 4 aromatic heterocycles. The number of carbonyl (C=O) groups excluding carboxylic acids is 2. The highest BCUT2D eigenvalue weighted by Crippen LogP contribution is 2.44. The van der Waals surface area contributed by atoms with Crippen LogP contribution in [0.5, 0.6) is 0 Å². The minimum atomic E-state index is -2.80. The summed E-state index contributed by atoms with van der Waals surface area (Å²) in [6.07, 6.45) is 0.871. The highest BCUT2D eigenvalue weighted by molar-refractivity contribution is 9.10. The first-order valence-electron chi connectivity index (χ1n) is 9.82. The third kappa shape index (κ3) is 4.55. The molecule has 7 nitrogen and oxygen atoms in total. The standard InChI is InChI=1S/C21H18BrF2N5O2S2/c1-3-13(29-8-10(22)7-26-29)20(31)28-16-15-11(14-5-4-9(2)32-14)6-12(18(23)24)27-21(15)33-17(16)19(25)30/h4-8,13,18H,3H2,1-2H3,(H2,25,30)(H,28,31). The number of amides is 2. The maximum atomic E-state index is 13.6. The fraction of sp³-hybridized carbons (Fsp3) is 0.238. The molecule has 0 radical (unpaired) electrons. The molecule has 0 aliphatic carbocycles. The number of rotatable bonds is 7. The molecule has 12 heteroatoms. The zero-order valence-electron chi connectivity index (χ0n) is 17.4. The van der Waals surface area contributed by atoms with Crippen LogP contribution in [0, 0.1) is 6.92 Å². The predicted molar refractivity (Wildman–Crippen MR) is 129 cm³/mol. The van der Waals surface area contributed by atoms with Gasteiger partial charge in [0.2, 0.25) is 5.91 Å². The lowest BCUT2D eigenvalue weighted by molar-refractivity contribution is -0.119. The van der Waals surface area contributed by atoms with Crippen LogP contribution in [0.2, 0.25) is 0 Å². The number of pyridine rings is 1. The van der Waals surface area contributed by atoms with E-state index in [1.165, 1.54) is 22.1 Å². The summed E-state index contributed by atoms with van der Waals surface area (Å²) in [6, 6.07) is 4.32. The zero-order valence-corrected chi connectivity index (χ0v) is 20.7. The van der Waals surface area contributed by atoms with E-state index < -0.39 is 30.0 Å². The van der Waals surface area contributed by atoms with Crippen molar-refractivity contribution in [1.29, 1.82) is 0 Å². The van der Waals surface area contributed by atoms with Crippen LogP contribution in [0.15, 0.2) is 35.1 Å². The monoisotopic (exact) mass is 553 g/mol. The molecule has 4 heterocycles. The lowest BCUT2D eigenvalue weighted by atomic mass is 10.1. The molecule has 0 bridgehead atoms. The maximum absolute atomic E-state index is 13.6. The number of aryl methyl sites for hydroxylation is 1. The van der Waals surface area contributed by atoms with Gasteiger partial charge in [-0.15, -0.1) is 22.7 Å². The molecule has 0 aliphatic heterocycles. The van der Waals surface area contributed by atoms with Crippen LogP contribution in [-0.4, -0.2) is 26.6 Å². The molecule has 4 aromatic rings. The van der Waals surface area contributed by atoms with Crippen LogP contribution in [0.1, 0.15) is 46.1 Å². The van der Waals surface area contributed by atoms with Gasteiger partial charge in [-0.2, -0.15) is 5.10 Å². The summed E-state index contributed by atoms with van der Waals surface area (Å²) in [5, 5.41) is 7.40. The van der Waals surface area contributed by atoms with Crippen molar-refractivity contribution in [2.45, 2.75) is 32.7 Å². The van der Waals surface area contributed by atoms with Gasteiger partial charge in [0.1, 0.15) is 21.4 Å². The maximum Gasteiger partial charge on any atom is 0.280 e. The van der Waals surface area contributed by atoms with Crippen LogP contribution in [-0.2, 0) is 4.79 Å². The van der Waals surface area contributed by atoms with Gasteiger partial charge in [0.25, 0.3) is 12.3 Å². The Morgan fingerprint density at radius 2 is 2.06 bits per heavy atom. The summed E-state index contributed by atoms with van der Waals surface area (Å²) >= 11 is 5.61. The molecule has 0 fully saturated rings. The fourth-order valence-electron chi connectivity index (χ4n) is 3.48. The number of carbonyl (C=O) groups is 2. The molecule has 0 saturated heterocycles. The SMILES string of the molecule is CCC(C(=O)Nc1c(C(N)=O)sc2nc(C(F)F)cc(-c3ccc(C)s3)c12)n1cc(Br)cn1. The average Bonchev–Trinajstić information content (AvgIpc) is 3.47. The van der Waals surface area contributed by atoms with Crippen molar-refractivity contribution >= 4 is 66.3 Å². The third-order valence-corrected chi connectivity index (χ3v) is 7.50. The van der Waals surface area contributed by atoms with Gasteiger partial charge in [-0.05, 0) is 47.5 Å². The highest BCUT2D eigenvalue weighted by atomic mass is 79.9. The normalized spacial score (nSPS) is 12.4. The van der Waals surface area contributed by atoms with Crippen LogP contribution in [0.3, 0.4) is 0 Å². The molecule has 172 valence electrons. The lowest BCUT2D eigenvalue weighted by Gasteiger charge is -2.16. The number of anilines is 1. The van der Waals surface area contributed by atoms with Gasteiger partial charge in [0.15, 0.2) is 0 Å². The number of halogens is 3. The molecule has 1 atom stereocenters. The van der Waals surface area contributed by atoms with E-state index in [-0.39, 0.29) is 15.4 Å². The first-order valence-corrected chi connectivity index (χ1v) is 12.2. The summed E-state index contributed by atoms with van der Waals surface area (Å²) in [5.41, 5.74) is 5.81. The molecule has 33 heavy (non-hydrogen) atoms. The summed E-state index contributed by atoms with van der Waals surface area (Å²) in [4.78, 5) is 31.5. The number of primary amides is 1. The molecule has 0 saturated carbocycles. The molecule has 1 unspecified atom stereocenters. The molecule has 2 amide bonds. The van der Waals surface area contributed by atoms with E-state index in [0.717, 1.165) is 16.2 Å². The van der Waals surface area contributed by atoms with Crippen molar-refractivity contribution < 1.29 is 18.4 Å². The minimum Gasteiger partial charge on any atom is -0.365 e. The Labute approximate surface area is 203 Å². The number of aromatic nitrogens is 3. The van der Waals surface area contributed by atoms with E-state index in [9.17, 15) is 18.4 Å². The van der Waals surface area contributed by atoms with E-state index in [1.807, 2.05) is 26.0 Å². The summed E-state index contributed by atoms with van der Waals surface area (Å²) in [7, 11) is 0. The Bertz CT molecular complexity index is 1360. The van der Waals surface area contributed by atoms with Crippen LogP contribution in [0.25, 0.3) is 20.7 Å². The molecule has 3 N–H and O–H groups in total. The van der Waals surface area contributed by atoms with E-state index in [0.29, 0.717) is 26.7 Å². The lowest BCUT2D eigenvalue weighted by Crippen LogP contribution is -2.27. The molecule has 0 aliphatic rings. The molecule has 4 rings (SSSR count). The van der Waals surface area contributed by atoms with Gasteiger partial charge in [-0.25, -0.2) is 13.8 Å². The highest BCUT2D eigenvalue weighted by Gasteiger charge is 2.28. The molecule has 0 aromatic carbocycles. The first kappa shape index (κ1) is 23.5. The van der Waals surface area contributed by atoms with Crippen molar-refractivity contribution in [3.05, 3.63) is 50.5 Å². The van der Waals surface area contributed by atoms with E-state index in [4.69, 9.17) is 5.73 Å². The predicted octanol–water partition coefficient (Wildman–Crippen LogP) is 5.92. The minimum absolute atomic E-state index is 0.0447. The van der Waals surface area contributed by atoms with Crippen molar-refractivity contribution in [2.75, 3.05) is 5.32 Å². The number of nitrogens with two attached hydrogens (primary N) is 1. The van der Waals surface area contributed by atoms with Crippen molar-refractivity contribution in [3.8, 4) is 10.4 Å². The van der Waals surface area contributed by atoms with Crippen molar-refractivity contribution in [2.24, 2.45) is 5.73 Å². The number of hydrogen-bond donors (Lipinski definition) is 2. The van der Waals surface area contributed by atoms with E-state index in [2.05, 4.69) is 31.3 Å². The second-order valence-electron chi connectivity index (χ2n) is 7.21. The van der Waals surface area contributed by atoms with Gasteiger partial charge < -0.3 is 11.1 Å². The quantitative estimate of drug-likeness (QED) is 0.296. The first-order chi connectivity index (χ1) is 15.7. The summed E-state index contributed by atoms with van der Waals surface area (Å²) in [6.45, 7) is 3.73. The van der Waals surface area contributed by atoms with Gasteiger partial charge >= 0.3 is 0 Å². The number of nitrogens with zero attached hydrogens (tertiary/aromatic N) is 3. The summed E-state index contributed by atoms with van der Waals surface area (Å²) in [5.74, 6) is -1.20. The van der Waals surface area contributed by atoms with E-state index >= 15 is 0 Å². The Morgan fingerprint density at radius 3 is 2.61 bits per heavy atom. The Balaban J connectivity index is 1.90. The van der Waals surface area contributed by atoms with Crippen LogP contribution < -0.4 is 11.1 Å². The number of hydrogen-bond acceptors (Lipinski definition) is 6. The number of nitrogens with one attached hydrogen (secondary N) is 1. The Hall–Kier alpha value is -2.70. The Kier molecular flexibility index (Phi) is 6.59. The van der Waals surface area contributed by atoms with Gasteiger partial charge in [-0.3, -0.25) is 14.3 Å². The number of alkyl halides is 2. The average molecular weight is 554 g/mol. The Morgan fingerprint density at radius 1 is 1.30 bits per heavy atom. The van der Waals surface area contributed by atoms with Crippen LogP contribution >= 0.6 is 38.6 Å². The van der Waals surface area contributed by atoms with Gasteiger partial charge in [-0.1, -0.05) is 6.92 Å². The summed E-state index contributed by atoms with van der Waals surface area (Å²) < 4.78 is 29.4. The number of thiophene rings is 2. The third-order valence-electron chi connectivity index (χ3n) is 4.96. The molecule has 0 spiro atoms. The van der Waals surface area contributed by atoms with Gasteiger partial charge in [0.05, 0.1) is 16.4 Å². The zero-order chi connectivity index (χ0) is 23.9. The van der Waals surface area contributed by atoms with Gasteiger partial charge in [0, 0.05) is 26.9 Å². The van der Waals surface area contributed by atoms with Crippen LogP contribution in [0.4, 0.5) is 14.5 Å². The van der Waals surface area contributed by atoms with Crippen molar-refractivity contribution in [1.82, 2.24) is 14.8 Å². The van der Waals surface area contributed by atoms with Crippen molar-refractivity contribution in [3.63, 3.8) is 0 Å².